The molecule has 0 aromatic heterocycles. The van der Waals surface area contributed by atoms with Gasteiger partial charge in [0.2, 0.25) is 5.56 Å². The Kier molecular flexibility index (Phi) is 2.79. The van der Waals surface area contributed by atoms with E-state index in [0.717, 1.165) is 6.07 Å². The molecule has 0 bridgehead atoms. The zero-order chi connectivity index (χ0) is 12.5. The summed E-state index contributed by atoms with van der Waals surface area (Å²) in [6, 6.07) is 1.96. The SMILES string of the molecule is O=[N+]([O-])c1cccc([N+](=O)[O-])c1C(F)(F)F. The van der Waals surface area contributed by atoms with Crippen LogP contribution in [-0.2, 0) is 6.18 Å². The molecule has 86 valence electrons. The molecule has 0 aliphatic carbocycles. The number of benzene rings is 1. The van der Waals surface area contributed by atoms with Gasteiger partial charge in [-0.15, -0.1) is 0 Å². The molecular weight excluding hydrogens is 233 g/mol. The molecule has 0 spiro atoms. The molecule has 0 amide bonds. The number of alkyl halides is 3. The van der Waals surface area contributed by atoms with Crippen LogP contribution in [0, 0.1) is 20.2 Å². The first-order chi connectivity index (χ1) is 7.25. The molecule has 6 nitrogen and oxygen atoms in total. The average Bonchev–Trinajstić information content (AvgIpc) is 2.15. The lowest BCUT2D eigenvalue weighted by Gasteiger charge is -2.07. The van der Waals surface area contributed by atoms with Crippen molar-refractivity contribution in [3.63, 3.8) is 0 Å². The predicted molar refractivity (Wildman–Crippen MR) is 44.8 cm³/mol. The third-order valence-corrected chi connectivity index (χ3v) is 1.70. The van der Waals surface area contributed by atoms with E-state index in [9.17, 15) is 33.4 Å². The number of hydrogen-bond donors (Lipinski definition) is 0. The number of nitro groups is 2. The Labute approximate surface area is 85.6 Å². The third kappa shape index (κ3) is 2.07. The molecule has 16 heavy (non-hydrogen) atoms. The van der Waals surface area contributed by atoms with Crippen molar-refractivity contribution in [3.8, 4) is 0 Å². The number of hydrogen-bond acceptors (Lipinski definition) is 4. The molecule has 0 aliphatic rings. The Bertz CT molecular complexity index is 425. The highest BCUT2D eigenvalue weighted by atomic mass is 19.4. The van der Waals surface area contributed by atoms with Crippen molar-refractivity contribution >= 4 is 11.4 Å². The molecule has 0 atom stereocenters. The minimum atomic E-state index is -5.15. The van der Waals surface area contributed by atoms with Gasteiger partial charge in [-0.25, -0.2) is 0 Å². The largest absolute Gasteiger partial charge is 0.429 e. The van der Waals surface area contributed by atoms with E-state index in [1.807, 2.05) is 0 Å². The lowest BCUT2D eigenvalue weighted by atomic mass is 10.1. The standard InChI is InChI=1S/C7H3F3N2O4/c8-7(9,10)6-4(11(13)14)2-1-3-5(6)12(15)16/h1-3H. The Balaban J connectivity index is 3.60. The van der Waals surface area contributed by atoms with E-state index < -0.39 is 33.0 Å². The summed E-state index contributed by atoms with van der Waals surface area (Å²) in [4.78, 5) is 18.0. The number of nitro benzene ring substituents is 2. The van der Waals surface area contributed by atoms with Crippen LogP contribution in [0.25, 0.3) is 0 Å². The summed E-state index contributed by atoms with van der Waals surface area (Å²) in [6.07, 6.45) is -5.15. The average molecular weight is 236 g/mol. The van der Waals surface area contributed by atoms with Crippen molar-refractivity contribution < 1.29 is 23.0 Å². The van der Waals surface area contributed by atoms with Gasteiger partial charge in [-0.1, -0.05) is 0 Å². The molecule has 0 radical (unpaired) electrons. The second-order valence-corrected chi connectivity index (χ2v) is 2.68. The van der Waals surface area contributed by atoms with E-state index in [2.05, 4.69) is 0 Å². The highest BCUT2D eigenvalue weighted by molar-refractivity contribution is 5.55. The summed E-state index contributed by atoms with van der Waals surface area (Å²) in [5.41, 5.74) is -4.51. The minimum absolute atomic E-state index is 0.565. The van der Waals surface area contributed by atoms with Gasteiger partial charge in [-0.05, 0) is 6.07 Å². The third-order valence-electron chi connectivity index (χ3n) is 1.70. The van der Waals surface area contributed by atoms with Gasteiger partial charge >= 0.3 is 6.18 Å². The van der Waals surface area contributed by atoms with Crippen molar-refractivity contribution in [3.05, 3.63) is 44.0 Å². The minimum Gasteiger partial charge on any atom is -0.258 e. The summed E-state index contributed by atoms with van der Waals surface area (Å²) >= 11 is 0. The Morgan fingerprint density at radius 1 is 1.00 bits per heavy atom. The highest BCUT2D eigenvalue weighted by Crippen LogP contribution is 2.41. The van der Waals surface area contributed by atoms with Crippen LogP contribution in [0.1, 0.15) is 5.56 Å². The molecule has 0 saturated heterocycles. The van der Waals surface area contributed by atoms with E-state index in [1.165, 1.54) is 0 Å². The summed E-state index contributed by atoms with van der Waals surface area (Å²) < 4.78 is 37.3. The summed E-state index contributed by atoms with van der Waals surface area (Å²) in [6.45, 7) is 0. The van der Waals surface area contributed by atoms with Gasteiger partial charge in [-0.2, -0.15) is 13.2 Å². The maximum atomic E-state index is 12.4. The van der Waals surface area contributed by atoms with Crippen molar-refractivity contribution in [1.29, 1.82) is 0 Å². The van der Waals surface area contributed by atoms with Crippen LogP contribution in [0.15, 0.2) is 18.2 Å². The molecule has 1 aromatic rings. The molecule has 0 N–H and O–H groups in total. The van der Waals surface area contributed by atoms with Gasteiger partial charge in [0.25, 0.3) is 11.4 Å². The quantitative estimate of drug-likeness (QED) is 0.583. The Hall–Kier alpha value is -2.19. The molecule has 1 aromatic carbocycles. The number of halogens is 3. The predicted octanol–water partition coefficient (Wildman–Crippen LogP) is 2.52. The van der Waals surface area contributed by atoms with E-state index in [1.54, 1.807) is 0 Å². The maximum Gasteiger partial charge on any atom is 0.429 e. The van der Waals surface area contributed by atoms with Gasteiger partial charge in [-0.3, -0.25) is 20.2 Å². The first kappa shape index (κ1) is 11.9. The smallest absolute Gasteiger partial charge is 0.258 e. The first-order valence-electron chi connectivity index (χ1n) is 3.74. The van der Waals surface area contributed by atoms with Gasteiger partial charge in [0, 0.05) is 12.1 Å². The zero-order valence-electron chi connectivity index (χ0n) is 7.39. The van der Waals surface area contributed by atoms with Crippen LogP contribution in [0.2, 0.25) is 0 Å². The fourth-order valence-corrected chi connectivity index (χ4v) is 1.12. The summed E-state index contributed by atoms with van der Waals surface area (Å²) in [7, 11) is 0. The fourth-order valence-electron chi connectivity index (χ4n) is 1.12. The van der Waals surface area contributed by atoms with Crippen molar-refractivity contribution in [1.82, 2.24) is 0 Å². The highest BCUT2D eigenvalue weighted by Gasteiger charge is 2.45. The van der Waals surface area contributed by atoms with Crippen LogP contribution in [-0.4, -0.2) is 9.85 Å². The summed E-state index contributed by atoms with van der Waals surface area (Å²) in [5, 5.41) is 20.7. The van der Waals surface area contributed by atoms with Crippen LogP contribution in [0.3, 0.4) is 0 Å². The molecule has 0 saturated carbocycles. The van der Waals surface area contributed by atoms with Crippen molar-refractivity contribution in [2.75, 3.05) is 0 Å². The fraction of sp³-hybridized carbons (Fsp3) is 0.143. The summed E-state index contributed by atoms with van der Waals surface area (Å²) in [5.74, 6) is 0. The van der Waals surface area contributed by atoms with Gasteiger partial charge < -0.3 is 0 Å². The van der Waals surface area contributed by atoms with E-state index in [-0.39, 0.29) is 0 Å². The molecule has 0 heterocycles. The number of nitrogens with zero attached hydrogens (tertiary/aromatic N) is 2. The molecule has 0 unspecified atom stereocenters. The molecular formula is C7H3F3N2O4. The molecule has 9 heteroatoms. The van der Waals surface area contributed by atoms with Crippen LogP contribution < -0.4 is 0 Å². The lowest BCUT2D eigenvalue weighted by Crippen LogP contribution is -2.12. The van der Waals surface area contributed by atoms with E-state index in [4.69, 9.17) is 0 Å². The van der Waals surface area contributed by atoms with Crippen LogP contribution in [0.5, 0.6) is 0 Å². The van der Waals surface area contributed by atoms with Gasteiger partial charge in [0.1, 0.15) is 0 Å². The van der Waals surface area contributed by atoms with Crippen LogP contribution >= 0.6 is 0 Å². The second-order valence-electron chi connectivity index (χ2n) is 2.68. The molecule has 1 rings (SSSR count). The monoisotopic (exact) mass is 236 g/mol. The van der Waals surface area contributed by atoms with Gasteiger partial charge in [0.05, 0.1) is 9.85 Å². The van der Waals surface area contributed by atoms with Crippen LogP contribution in [0.4, 0.5) is 24.5 Å². The normalized spacial score (nSPS) is 11.2. The maximum absolute atomic E-state index is 12.4. The Morgan fingerprint density at radius 3 is 1.62 bits per heavy atom. The second kappa shape index (κ2) is 3.76. The first-order valence-corrected chi connectivity index (χ1v) is 3.74. The topological polar surface area (TPSA) is 86.3 Å². The van der Waals surface area contributed by atoms with Gasteiger partial charge in [0.15, 0.2) is 0 Å². The molecule has 0 fully saturated rings. The van der Waals surface area contributed by atoms with Crippen molar-refractivity contribution in [2.24, 2.45) is 0 Å². The Morgan fingerprint density at radius 2 is 1.38 bits per heavy atom. The lowest BCUT2D eigenvalue weighted by molar-refractivity contribution is -0.400. The molecule has 0 aliphatic heterocycles. The van der Waals surface area contributed by atoms with E-state index >= 15 is 0 Å². The van der Waals surface area contributed by atoms with Crippen molar-refractivity contribution in [2.45, 2.75) is 6.18 Å². The zero-order valence-corrected chi connectivity index (χ0v) is 7.39. The number of rotatable bonds is 2. The van der Waals surface area contributed by atoms with E-state index in [0.29, 0.717) is 12.1 Å².